The van der Waals surface area contributed by atoms with Gasteiger partial charge in [0.15, 0.2) is 4.34 Å². The number of hydrogen-bond acceptors (Lipinski definition) is 8. The van der Waals surface area contributed by atoms with Crippen molar-refractivity contribution in [2.24, 2.45) is 0 Å². The van der Waals surface area contributed by atoms with Crippen molar-refractivity contribution in [3.05, 3.63) is 56.8 Å². The fraction of sp³-hybridized carbons (Fsp3) is 0.235. The van der Waals surface area contributed by atoms with E-state index in [1.165, 1.54) is 5.56 Å². The van der Waals surface area contributed by atoms with Crippen molar-refractivity contribution in [3.8, 4) is 0 Å². The van der Waals surface area contributed by atoms with Gasteiger partial charge in [-0.2, -0.15) is 4.98 Å². The van der Waals surface area contributed by atoms with Crippen molar-refractivity contribution in [2.75, 3.05) is 0 Å². The van der Waals surface area contributed by atoms with E-state index in [9.17, 15) is 0 Å². The van der Waals surface area contributed by atoms with Gasteiger partial charge in [-0.3, -0.25) is 0 Å². The van der Waals surface area contributed by atoms with E-state index in [0.717, 1.165) is 31.0 Å². The lowest BCUT2D eigenvalue weighted by Gasteiger charge is -1.98. The Labute approximate surface area is 177 Å². The molecule has 0 fully saturated rings. The van der Waals surface area contributed by atoms with Crippen molar-refractivity contribution in [1.29, 1.82) is 0 Å². The standard InChI is InChI=1S/C17H15BrN6S3/c1-10-7-11(2)24-15(19-10)20-16(23-24)25-9-14-21-22-17(27-14)26-8-12-3-5-13(18)6-4-12/h3-7H,8-9H2,1-2H3. The second-order valence-corrected chi connectivity index (χ2v) is 9.95. The predicted octanol–water partition coefficient (Wildman–Crippen LogP) is 4.94. The fourth-order valence-electron chi connectivity index (χ4n) is 2.42. The van der Waals surface area contributed by atoms with Gasteiger partial charge < -0.3 is 0 Å². The van der Waals surface area contributed by atoms with Crippen LogP contribution >= 0.6 is 50.8 Å². The number of rotatable bonds is 6. The van der Waals surface area contributed by atoms with Crippen molar-refractivity contribution < 1.29 is 0 Å². The number of hydrogen-bond donors (Lipinski definition) is 0. The maximum atomic E-state index is 4.51. The van der Waals surface area contributed by atoms with Crippen LogP contribution in [0, 0.1) is 13.8 Å². The van der Waals surface area contributed by atoms with Gasteiger partial charge in [0.25, 0.3) is 5.78 Å². The van der Waals surface area contributed by atoms with Gasteiger partial charge in [0.2, 0.25) is 5.16 Å². The minimum atomic E-state index is 0.637. The Bertz CT molecular complexity index is 1080. The summed E-state index contributed by atoms with van der Waals surface area (Å²) in [6, 6.07) is 10.3. The topological polar surface area (TPSA) is 68.9 Å². The van der Waals surface area contributed by atoms with Crippen LogP contribution in [0.1, 0.15) is 22.0 Å². The molecule has 0 N–H and O–H groups in total. The Morgan fingerprint density at radius 2 is 1.85 bits per heavy atom. The summed E-state index contributed by atoms with van der Waals surface area (Å²) < 4.78 is 3.84. The van der Waals surface area contributed by atoms with Crippen molar-refractivity contribution in [2.45, 2.75) is 34.8 Å². The summed E-state index contributed by atoms with van der Waals surface area (Å²) in [7, 11) is 0. The Kier molecular flexibility index (Phi) is 5.76. The molecule has 0 spiro atoms. The molecule has 0 amide bonds. The van der Waals surface area contributed by atoms with Gasteiger partial charge in [0.1, 0.15) is 5.01 Å². The molecule has 4 rings (SSSR count). The monoisotopic (exact) mass is 478 g/mol. The zero-order valence-electron chi connectivity index (χ0n) is 14.6. The molecule has 0 aliphatic heterocycles. The van der Waals surface area contributed by atoms with Crippen LogP contribution in [0.15, 0.2) is 44.3 Å². The first kappa shape index (κ1) is 18.9. The number of aryl methyl sites for hydroxylation is 2. The molecule has 0 radical (unpaired) electrons. The van der Waals surface area contributed by atoms with Crippen LogP contribution in [0.25, 0.3) is 5.78 Å². The van der Waals surface area contributed by atoms with E-state index >= 15 is 0 Å². The number of fused-ring (bicyclic) bond motifs is 1. The molecular weight excluding hydrogens is 464 g/mol. The Morgan fingerprint density at radius 3 is 2.67 bits per heavy atom. The Balaban J connectivity index is 1.36. The van der Waals surface area contributed by atoms with E-state index in [4.69, 9.17) is 0 Å². The largest absolute Gasteiger partial charge is 0.253 e. The van der Waals surface area contributed by atoms with Gasteiger partial charge in [0.05, 0.1) is 5.75 Å². The van der Waals surface area contributed by atoms with Crippen molar-refractivity contribution in [3.63, 3.8) is 0 Å². The molecule has 10 heteroatoms. The highest BCUT2D eigenvalue weighted by molar-refractivity contribution is 9.10. The van der Waals surface area contributed by atoms with Gasteiger partial charge in [-0.05, 0) is 37.6 Å². The number of benzene rings is 1. The summed E-state index contributed by atoms with van der Waals surface area (Å²) >= 11 is 8.33. The third-order valence-electron chi connectivity index (χ3n) is 3.65. The van der Waals surface area contributed by atoms with Crippen LogP contribution in [-0.2, 0) is 11.5 Å². The maximum Gasteiger partial charge on any atom is 0.253 e. The quantitative estimate of drug-likeness (QED) is 0.363. The average molecular weight is 479 g/mol. The summed E-state index contributed by atoms with van der Waals surface area (Å²) in [6.45, 7) is 3.97. The first-order valence-electron chi connectivity index (χ1n) is 8.10. The lowest BCUT2D eigenvalue weighted by atomic mass is 10.2. The number of nitrogens with zero attached hydrogens (tertiary/aromatic N) is 6. The SMILES string of the molecule is Cc1cc(C)n2nc(SCc3nnc(SCc4ccc(Br)cc4)s3)nc2n1. The first-order chi connectivity index (χ1) is 13.1. The number of halogens is 1. The molecule has 0 bridgehead atoms. The Hall–Kier alpha value is -1.49. The minimum absolute atomic E-state index is 0.637. The van der Waals surface area contributed by atoms with Crippen LogP contribution < -0.4 is 0 Å². The van der Waals surface area contributed by atoms with E-state index in [2.05, 4.69) is 65.5 Å². The molecule has 138 valence electrons. The number of aromatic nitrogens is 6. The van der Waals surface area contributed by atoms with Crippen LogP contribution in [0.3, 0.4) is 0 Å². The van der Waals surface area contributed by atoms with Gasteiger partial charge >= 0.3 is 0 Å². The second kappa shape index (κ2) is 8.26. The highest BCUT2D eigenvalue weighted by atomic mass is 79.9. The van der Waals surface area contributed by atoms with Crippen molar-refractivity contribution in [1.82, 2.24) is 29.8 Å². The van der Waals surface area contributed by atoms with Crippen LogP contribution in [0.4, 0.5) is 0 Å². The van der Waals surface area contributed by atoms with Crippen molar-refractivity contribution >= 4 is 56.6 Å². The van der Waals surface area contributed by atoms with Gasteiger partial charge in [-0.1, -0.05) is 62.9 Å². The zero-order chi connectivity index (χ0) is 18.8. The third kappa shape index (κ3) is 4.68. The lowest BCUT2D eigenvalue weighted by Crippen LogP contribution is -1.97. The molecule has 1 aromatic carbocycles. The molecule has 27 heavy (non-hydrogen) atoms. The molecule has 0 unspecified atom stereocenters. The summed E-state index contributed by atoms with van der Waals surface area (Å²) in [5.74, 6) is 2.22. The molecule has 3 heterocycles. The normalized spacial score (nSPS) is 11.4. The number of thioether (sulfide) groups is 2. The van der Waals surface area contributed by atoms with Crippen LogP contribution in [0.2, 0.25) is 0 Å². The highest BCUT2D eigenvalue weighted by Crippen LogP contribution is 2.29. The van der Waals surface area contributed by atoms with E-state index in [1.807, 2.05) is 19.9 Å². The summed E-state index contributed by atoms with van der Waals surface area (Å²) in [5, 5.41) is 14.8. The molecule has 0 saturated carbocycles. The van der Waals surface area contributed by atoms with Gasteiger partial charge in [-0.15, -0.1) is 15.3 Å². The fourth-order valence-corrected chi connectivity index (χ4v) is 5.34. The lowest BCUT2D eigenvalue weighted by molar-refractivity contribution is 0.843. The average Bonchev–Trinajstić information content (AvgIpc) is 3.26. The molecule has 0 saturated heterocycles. The van der Waals surface area contributed by atoms with E-state index < -0.39 is 0 Å². The molecule has 6 nitrogen and oxygen atoms in total. The smallest absolute Gasteiger partial charge is 0.216 e. The molecule has 0 aliphatic carbocycles. The molecule has 4 aromatic rings. The minimum Gasteiger partial charge on any atom is -0.216 e. The molecule has 0 atom stereocenters. The summed E-state index contributed by atoms with van der Waals surface area (Å²) in [6.07, 6.45) is 0. The summed E-state index contributed by atoms with van der Waals surface area (Å²) in [5.41, 5.74) is 3.24. The zero-order valence-corrected chi connectivity index (χ0v) is 18.6. The predicted molar refractivity (Wildman–Crippen MR) is 113 cm³/mol. The van der Waals surface area contributed by atoms with E-state index in [-0.39, 0.29) is 0 Å². The third-order valence-corrected chi connectivity index (χ3v) is 7.34. The summed E-state index contributed by atoms with van der Waals surface area (Å²) in [4.78, 5) is 8.91. The second-order valence-electron chi connectivity index (χ2n) is 5.81. The van der Waals surface area contributed by atoms with E-state index in [0.29, 0.717) is 16.7 Å². The molecule has 3 aromatic heterocycles. The Morgan fingerprint density at radius 1 is 1.04 bits per heavy atom. The molecule has 0 aliphatic rings. The molecular formula is C17H15BrN6S3. The van der Waals surface area contributed by atoms with Gasteiger partial charge in [0, 0.05) is 21.6 Å². The van der Waals surface area contributed by atoms with Crippen LogP contribution in [-0.4, -0.2) is 29.8 Å². The van der Waals surface area contributed by atoms with Gasteiger partial charge in [-0.25, -0.2) is 9.50 Å². The highest BCUT2D eigenvalue weighted by Gasteiger charge is 2.11. The maximum absolute atomic E-state index is 4.51. The first-order valence-corrected chi connectivity index (χ1v) is 11.7. The van der Waals surface area contributed by atoms with Crippen LogP contribution in [0.5, 0.6) is 0 Å². The van der Waals surface area contributed by atoms with E-state index in [1.54, 1.807) is 39.4 Å².